The first-order chi connectivity index (χ1) is 9.27. The lowest BCUT2D eigenvalue weighted by Crippen LogP contribution is -2.07. The van der Waals surface area contributed by atoms with Gasteiger partial charge in [0.25, 0.3) is 0 Å². The molecule has 0 atom stereocenters. The monoisotopic (exact) mass is 286 g/mol. The largest absolute Gasteiger partial charge is 0.379 e. The van der Waals surface area contributed by atoms with E-state index in [1.165, 1.54) is 0 Å². The summed E-state index contributed by atoms with van der Waals surface area (Å²) >= 11 is 6.09. The minimum Gasteiger partial charge on any atom is -0.379 e. The topological polar surface area (TPSA) is 43.4 Å². The van der Waals surface area contributed by atoms with E-state index in [9.17, 15) is 0 Å². The Bertz CT molecular complexity index is 361. The quantitative estimate of drug-likeness (QED) is 0.669. The highest BCUT2D eigenvalue weighted by Crippen LogP contribution is 2.17. The molecule has 4 nitrogen and oxygen atoms in total. The summed E-state index contributed by atoms with van der Waals surface area (Å²) in [6.07, 6.45) is 2.09. The highest BCUT2D eigenvalue weighted by Gasteiger charge is 2.04. The Morgan fingerprint density at radius 3 is 2.63 bits per heavy atom. The molecule has 1 rings (SSSR count). The summed E-state index contributed by atoms with van der Waals surface area (Å²) in [5.41, 5.74) is 0.762. The number of hydrogen-bond donors (Lipinski definition) is 1. The van der Waals surface area contributed by atoms with Gasteiger partial charge in [0, 0.05) is 13.2 Å². The van der Waals surface area contributed by atoms with E-state index in [0.29, 0.717) is 24.8 Å². The second-order valence-corrected chi connectivity index (χ2v) is 4.62. The summed E-state index contributed by atoms with van der Waals surface area (Å²) < 4.78 is 10.8. The van der Waals surface area contributed by atoms with Gasteiger partial charge in [-0.3, -0.25) is 0 Å². The molecular weight excluding hydrogens is 264 g/mol. The van der Waals surface area contributed by atoms with Crippen LogP contribution in [0.2, 0.25) is 5.02 Å². The van der Waals surface area contributed by atoms with Gasteiger partial charge in [0.05, 0.1) is 30.5 Å². The molecule has 0 bridgehead atoms. The third-order valence-corrected chi connectivity index (χ3v) is 2.78. The number of halogens is 1. The maximum atomic E-state index is 6.09. The summed E-state index contributed by atoms with van der Waals surface area (Å²) in [6.45, 7) is 7.46. The van der Waals surface area contributed by atoms with E-state index < -0.39 is 0 Å². The molecule has 5 heteroatoms. The van der Waals surface area contributed by atoms with Gasteiger partial charge in [0.15, 0.2) is 0 Å². The summed E-state index contributed by atoms with van der Waals surface area (Å²) in [7, 11) is 0. The van der Waals surface area contributed by atoms with Crippen molar-refractivity contribution in [3.05, 3.63) is 22.8 Å². The molecule has 0 aliphatic carbocycles. The normalized spacial score (nSPS) is 10.7. The molecule has 0 saturated heterocycles. The van der Waals surface area contributed by atoms with Crippen molar-refractivity contribution in [3.63, 3.8) is 0 Å². The van der Waals surface area contributed by atoms with E-state index >= 15 is 0 Å². The van der Waals surface area contributed by atoms with E-state index in [-0.39, 0.29) is 0 Å². The Balaban J connectivity index is 2.34. The Morgan fingerprint density at radius 2 is 1.89 bits per heavy atom. The SMILES string of the molecule is CCCNc1ccc(Cl)c(COCCOCCC)n1. The van der Waals surface area contributed by atoms with E-state index in [4.69, 9.17) is 21.1 Å². The average Bonchev–Trinajstić information content (AvgIpc) is 2.43. The fraction of sp³-hybridized carbons (Fsp3) is 0.643. The first-order valence-electron chi connectivity index (χ1n) is 6.82. The maximum absolute atomic E-state index is 6.09. The molecule has 19 heavy (non-hydrogen) atoms. The molecule has 0 aliphatic rings. The standard InChI is InChI=1S/C14H23ClN2O2/c1-3-7-16-14-6-5-12(15)13(17-14)11-19-10-9-18-8-4-2/h5-6H,3-4,7-11H2,1-2H3,(H,16,17). The van der Waals surface area contributed by atoms with Gasteiger partial charge in [-0.1, -0.05) is 25.4 Å². The van der Waals surface area contributed by atoms with E-state index in [1.54, 1.807) is 0 Å². The predicted octanol–water partition coefficient (Wildman–Crippen LogP) is 3.50. The zero-order valence-corrected chi connectivity index (χ0v) is 12.5. The summed E-state index contributed by atoms with van der Waals surface area (Å²) in [5, 5.41) is 3.87. The minimum atomic E-state index is 0.413. The third-order valence-electron chi connectivity index (χ3n) is 2.43. The Labute approximate surface area is 120 Å². The van der Waals surface area contributed by atoms with Crippen LogP contribution in [-0.4, -0.2) is 31.3 Å². The average molecular weight is 287 g/mol. The van der Waals surface area contributed by atoms with Crippen molar-refractivity contribution in [2.75, 3.05) is 31.7 Å². The number of aromatic nitrogens is 1. The maximum Gasteiger partial charge on any atom is 0.126 e. The van der Waals surface area contributed by atoms with Crippen molar-refractivity contribution in [2.24, 2.45) is 0 Å². The Morgan fingerprint density at radius 1 is 1.11 bits per heavy atom. The van der Waals surface area contributed by atoms with E-state index in [0.717, 1.165) is 37.5 Å². The first-order valence-corrected chi connectivity index (χ1v) is 7.20. The number of rotatable bonds is 10. The Hall–Kier alpha value is -0.840. The van der Waals surface area contributed by atoms with Crippen LogP contribution in [0.4, 0.5) is 5.82 Å². The number of nitrogens with zero attached hydrogens (tertiary/aromatic N) is 1. The van der Waals surface area contributed by atoms with E-state index in [2.05, 4.69) is 24.1 Å². The van der Waals surface area contributed by atoms with Crippen LogP contribution in [0.1, 0.15) is 32.4 Å². The summed E-state index contributed by atoms with van der Waals surface area (Å²) in [4.78, 5) is 4.43. The lowest BCUT2D eigenvalue weighted by Gasteiger charge is -2.09. The van der Waals surface area contributed by atoms with Gasteiger partial charge in [0.1, 0.15) is 5.82 Å². The van der Waals surface area contributed by atoms with Crippen LogP contribution in [0.25, 0.3) is 0 Å². The lowest BCUT2D eigenvalue weighted by atomic mass is 10.3. The molecule has 1 heterocycles. The zero-order valence-electron chi connectivity index (χ0n) is 11.7. The number of nitrogens with one attached hydrogen (secondary N) is 1. The summed E-state index contributed by atoms with van der Waals surface area (Å²) in [6, 6.07) is 3.73. The van der Waals surface area contributed by atoms with Crippen molar-refractivity contribution in [1.29, 1.82) is 0 Å². The molecule has 0 saturated carbocycles. The van der Waals surface area contributed by atoms with Crippen LogP contribution < -0.4 is 5.32 Å². The fourth-order valence-corrected chi connectivity index (χ4v) is 1.63. The van der Waals surface area contributed by atoms with Gasteiger partial charge in [-0.05, 0) is 25.0 Å². The van der Waals surface area contributed by atoms with Gasteiger partial charge in [-0.2, -0.15) is 0 Å². The predicted molar refractivity (Wildman–Crippen MR) is 78.8 cm³/mol. The number of hydrogen-bond acceptors (Lipinski definition) is 4. The molecule has 1 aromatic rings. The molecule has 0 radical (unpaired) electrons. The fourth-order valence-electron chi connectivity index (χ4n) is 1.47. The van der Waals surface area contributed by atoms with Gasteiger partial charge in [-0.15, -0.1) is 0 Å². The smallest absolute Gasteiger partial charge is 0.126 e. The molecule has 0 amide bonds. The van der Waals surface area contributed by atoms with Gasteiger partial charge >= 0.3 is 0 Å². The molecular formula is C14H23ClN2O2. The molecule has 0 aliphatic heterocycles. The minimum absolute atomic E-state index is 0.413. The van der Waals surface area contributed by atoms with Crippen LogP contribution in [0.5, 0.6) is 0 Å². The van der Waals surface area contributed by atoms with Gasteiger partial charge < -0.3 is 14.8 Å². The first kappa shape index (κ1) is 16.2. The van der Waals surface area contributed by atoms with Gasteiger partial charge in [0.2, 0.25) is 0 Å². The molecule has 0 aromatic carbocycles. The molecule has 108 valence electrons. The molecule has 1 aromatic heterocycles. The van der Waals surface area contributed by atoms with Crippen molar-refractivity contribution in [1.82, 2.24) is 4.98 Å². The van der Waals surface area contributed by atoms with Crippen LogP contribution in [0.3, 0.4) is 0 Å². The summed E-state index contributed by atoms with van der Waals surface area (Å²) in [5.74, 6) is 0.840. The van der Waals surface area contributed by atoms with E-state index in [1.807, 2.05) is 12.1 Å². The van der Waals surface area contributed by atoms with Crippen LogP contribution >= 0.6 is 11.6 Å². The van der Waals surface area contributed by atoms with Crippen molar-refractivity contribution < 1.29 is 9.47 Å². The third kappa shape index (κ3) is 6.76. The second kappa shape index (κ2) is 10.0. The van der Waals surface area contributed by atoms with Crippen molar-refractivity contribution >= 4 is 17.4 Å². The highest BCUT2D eigenvalue weighted by atomic mass is 35.5. The number of ether oxygens (including phenoxy) is 2. The molecule has 0 unspecified atom stereocenters. The zero-order chi connectivity index (χ0) is 13.9. The van der Waals surface area contributed by atoms with Crippen LogP contribution in [0, 0.1) is 0 Å². The number of pyridine rings is 1. The van der Waals surface area contributed by atoms with Crippen molar-refractivity contribution in [3.8, 4) is 0 Å². The lowest BCUT2D eigenvalue weighted by molar-refractivity contribution is 0.0398. The van der Waals surface area contributed by atoms with Crippen LogP contribution in [0.15, 0.2) is 12.1 Å². The Kier molecular flexibility index (Phi) is 8.54. The van der Waals surface area contributed by atoms with Crippen molar-refractivity contribution in [2.45, 2.75) is 33.3 Å². The number of anilines is 1. The molecule has 0 fully saturated rings. The van der Waals surface area contributed by atoms with Gasteiger partial charge in [-0.25, -0.2) is 4.98 Å². The second-order valence-electron chi connectivity index (χ2n) is 4.22. The van der Waals surface area contributed by atoms with Crippen LogP contribution in [-0.2, 0) is 16.1 Å². The molecule has 0 spiro atoms. The highest BCUT2D eigenvalue weighted by molar-refractivity contribution is 6.31. The molecule has 1 N–H and O–H groups in total.